The largest absolute Gasteiger partial charge is 0.468 e. The molecule has 64 heavy (non-hydrogen) atoms. The smallest absolute Gasteiger partial charge is 0.344 e. The van der Waals surface area contributed by atoms with Crippen molar-refractivity contribution in [3.63, 3.8) is 0 Å². The minimum absolute atomic E-state index is 0.0341. The number of allylic oxidation sites excluding steroid dienone is 1. The molecule has 3 aromatic rings. The molecule has 11 atom stereocenters. The molecule has 2 bridgehead atoms. The van der Waals surface area contributed by atoms with Crippen molar-refractivity contribution in [2.24, 2.45) is 22.7 Å². The molecule has 5 aliphatic heterocycles. The highest BCUT2D eigenvalue weighted by Gasteiger charge is 2.81. The van der Waals surface area contributed by atoms with Crippen LogP contribution in [-0.2, 0) is 45.3 Å². The first-order valence-electron chi connectivity index (χ1n) is 22.8. The molecule has 2 N–H and O–H groups in total. The third-order valence-corrected chi connectivity index (χ3v) is 17.2. The Balaban J connectivity index is 1.23. The molecule has 2 aromatic carbocycles. The predicted molar refractivity (Wildman–Crippen MR) is 243 cm³/mol. The molecule has 6 heterocycles. The number of benzene rings is 2. The molecule has 3 unspecified atom stereocenters. The number of H-pyrrole nitrogens is 1. The number of esters is 3. The van der Waals surface area contributed by atoms with Crippen LogP contribution in [0, 0.1) is 22.7 Å². The fourth-order valence-electron chi connectivity index (χ4n) is 14.0. The van der Waals surface area contributed by atoms with E-state index in [4.69, 9.17) is 18.9 Å². The summed E-state index contributed by atoms with van der Waals surface area (Å²) < 4.78 is 24.3. The second-order valence-electron chi connectivity index (χ2n) is 19.1. The Morgan fingerprint density at radius 2 is 1.73 bits per heavy atom. The van der Waals surface area contributed by atoms with Gasteiger partial charge >= 0.3 is 17.9 Å². The summed E-state index contributed by atoms with van der Waals surface area (Å²) in [6.45, 7) is 9.22. The van der Waals surface area contributed by atoms with E-state index in [0.717, 1.165) is 62.7 Å². The summed E-state index contributed by atoms with van der Waals surface area (Å²) in [5.41, 5.74) is 0.635. The Labute approximate surface area is 379 Å². The minimum atomic E-state index is -2.27. The van der Waals surface area contributed by atoms with Gasteiger partial charge in [0.15, 0.2) is 6.10 Å². The molecule has 338 valence electrons. The lowest BCUT2D eigenvalue weighted by atomic mass is 9.47. The molecule has 2 saturated heterocycles. The van der Waals surface area contributed by atoms with Crippen LogP contribution in [0.1, 0.15) is 57.7 Å². The molecular weight excluding hydrogens is 829 g/mol. The van der Waals surface area contributed by atoms with Crippen LogP contribution < -0.4 is 0 Å². The highest BCUT2D eigenvalue weighted by molar-refractivity contribution is 7.99. The molecule has 3 fully saturated rings. The number of methoxy groups -OCH3 is 3. The lowest BCUT2D eigenvalue weighted by Crippen LogP contribution is -2.79. The number of hydrogen-bond donors (Lipinski definition) is 2. The standard InChI is InChI=1S/C51H60N4O8S/c1-8-31-22-32-26-50(46(57)61-6,42-36(29-54(27-31)28-32)35-23-34(16-17-39(35)52-42)64-33-14-11-10-12-15-33)38-24-37-40(25-41(38)60-5)53(4)44-49(37)19-21-55-20-13-18-48(9-2,43(49)55)45(63-30(3)56)51(44,59)47(58)62-7/h10-18,22-25,32,38,41,43-45,52,59H,8-9,19-21,26-29H2,1-7H3/t32-,38?,41?,43+,44-,45-,48-,49-,50+,51+/m1/s1. The zero-order valence-electron chi connectivity index (χ0n) is 37.9. The van der Waals surface area contributed by atoms with Gasteiger partial charge in [0.25, 0.3) is 0 Å². The molecule has 0 radical (unpaired) electrons. The predicted octanol–water partition coefficient (Wildman–Crippen LogP) is 6.55. The van der Waals surface area contributed by atoms with Crippen molar-refractivity contribution < 1.29 is 38.4 Å². The summed E-state index contributed by atoms with van der Waals surface area (Å²) in [5, 5.41) is 14.5. The average Bonchev–Trinajstić information content (AvgIpc) is 3.95. The van der Waals surface area contributed by atoms with E-state index in [0.29, 0.717) is 38.9 Å². The number of carbonyl (C=O) groups excluding carboxylic acids is 3. The Morgan fingerprint density at radius 3 is 2.44 bits per heavy atom. The lowest BCUT2D eigenvalue weighted by Gasteiger charge is -2.63. The van der Waals surface area contributed by atoms with Gasteiger partial charge in [-0.05, 0) is 85.7 Å². The van der Waals surface area contributed by atoms with E-state index in [9.17, 15) is 14.7 Å². The first kappa shape index (κ1) is 43.2. The van der Waals surface area contributed by atoms with E-state index in [2.05, 4.69) is 94.6 Å². The first-order chi connectivity index (χ1) is 30.8. The number of aromatic nitrogens is 1. The minimum Gasteiger partial charge on any atom is -0.468 e. The van der Waals surface area contributed by atoms with E-state index >= 15 is 4.79 Å². The Morgan fingerprint density at radius 1 is 0.953 bits per heavy atom. The van der Waals surface area contributed by atoms with Gasteiger partial charge < -0.3 is 33.9 Å². The summed E-state index contributed by atoms with van der Waals surface area (Å²) >= 11 is 1.72. The maximum Gasteiger partial charge on any atom is 0.344 e. The summed E-state index contributed by atoms with van der Waals surface area (Å²) in [5.74, 6) is -2.32. The number of hydrogen-bond acceptors (Lipinski definition) is 12. The topological polar surface area (TPSA) is 134 Å². The number of likely N-dealkylation sites (tertiary alicyclic amines) is 1. The normalized spacial score (nSPS) is 36.0. The zero-order chi connectivity index (χ0) is 44.9. The summed E-state index contributed by atoms with van der Waals surface area (Å²) in [6.07, 6.45) is 11.5. The van der Waals surface area contributed by atoms with E-state index in [1.54, 1.807) is 18.9 Å². The number of likely N-dealkylation sites (N-methyl/N-ethyl adjacent to an activating group) is 1. The third-order valence-electron chi connectivity index (χ3n) is 16.2. The van der Waals surface area contributed by atoms with E-state index < -0.39 is 58.0 Å². The molecule has 1 aromatic heterocycles. The van der Waals surface area contributed by atoms with Gasteiger partial charge in [-0.1, -0.05) is 73.7 Å². The fraction of sp³-hybridized carbons (Fsp3) is 0.510. The number of aromatic amines is 1. The van der Waals surface area contributed by atoms with Gasteiger partial charge in [-0.2, -0.15) is 0 Å². The SMILES string of the molecule is CCC1=C[C@H]2CN(C1)Cc1c([nH]c3ccc(Sc4ccccc4)cc13)[C@@](C(=O)OC)(C1C=C3C(=CC1OC)N(C)[C@H]1[C@@](O)(C(=O)OC)[C@H](OC(C)=O)[C@]4(CC)C=CCN5CC[C@]31[C@@H]54)C2. The van der Waals surface area contributed by atoms with Crippen LogP contribution in [0.2, 0.25) is 0 Å². The maximum absolute atomic E-state index is 15.5. The van der Waals surface area contributed by atoms with Crippen LogP contribution in [0.15, 0.2) is 106 Å². The van der Waals surface area contributed by atoms with Gasteiger partial charge in [-0.25, -0.2) is 4.79 Å². The van der Waals surface area contributed by atoms with Gasteiger partial charge in [-0.3, -0.25) is 19.4 Å². The second-order valence-corrected chi connectivity index (χ2v) is 20.3. The van der Waals surface area contributed by atoms with E-state index in [-0.39, 0.29) is 17.9 Å². The van der Waals surface area contributed by atoms with Gasteiger partial charge in [0.2, 0.25) is 5.60 Å². The van der Waals surface area contributed by atoms with Crippen LogP contribution in [0.3, 0.4) is 0 Å². The lowest BCUT2D eigenvalue weighted by molar-refractivity contribution is -0.243. The van der Waals surface area contributed by atoms with Gasteiger partial charge in [0.1, 0.15) is 5.41 Å². The van der Waals surface area contributed by atoms with Crippen LogP contribution in [0.4, 0.5) is 0 Å². The highest BCUT2D eigenvalue weighted by atomic mass is 32.2. The Hall–Kier alpha value is -4.66. The number of carbonyl (C=O) groups is 3. The number of ether oxygens (including phenoxy) is 4. The molecule has 10 rings (SSSR count). The van der Waals surface area contributed by atoms with Crippen molar-refractivity contribution in [1.82, 2.24) is 19.7 Å². The van der Waals surface area contributed by atoms with Crippen molar-refractivity contribution in [2.45, 2.75) is 98.1 Å². The fourth-order valence-corrected chi connectivity index (χ4v) is 14.9. The molecule has 1 spiro atoms. The molecule has 13 heteroatoms. The number of fused-ring (bicyclic) bond motifs is 6. The molecule has 0 amide bonds. The van der Waals surface area contributed by atoms with Crippen LogP contribution in [0.25, 0.3) is 10.9 Å². The first-order valence-corrected chi connectivity index (χ1v) is 23.6. The highest BCUT2D eigenvalue weighted by Crippen LogP contribution is 2.70. The second kappa shape index (κ2) is 15.8. The van der Waals surface area contributed by atoms with Gasteiger partial charge in [0, 0.05) is 102 Å². The van der Waals surface area contributed by atoms with Crippen molar-refractivity contribution in [2.75, 3.05) is 54.6 Å². The average molecular weight is 889 g/mol. The Bertz CT molecular complexity index is 2530. The number of nitrogens with zero attached hydrogens (tertiary/aromatic N) is 3. The molecule has 2 aliphatic carbocycles. The van der Waals surface area contributed by atoms with Crippen LogP contribution >= 0.6 is 11.8 Å². The quantitative estimate of drug-likeness (QED) is 0.137. The number of aliphatic hydroxyl groups is 1. The summed E-state index contributed by atoms with van der Waals surface area (Å²) in [4.78, 5) is 56.2. The molecule has 1 saturated carbocycles. The van der Waals surface area contributed by atoms with Crippen molar-refractivity contribution in [3.8, 4) is 0 Å². The number of rotatable bonds is 9. The Kier molecular flexibility index (Phi) is 10.6. The van der Waals surface area contributed by atoms with Gasteiger partial charge in [-0.15, -0.1) is 0 Å². The zero-order valence-corrected chi connectivity index (χ0v) is 38.7. The van der Waals surface area contributed by atoms with Crippen molar-refractivity contribution >= 4 is 40.6 Å². The third kappa shape index (κ3) is 5.92. The maximum atomic E-state index is 15.5. The molecule has 12 nitrogen and oxygen atoms in total. The van der Waals surface area contributed by atoms with Crippen molar-refractivity contribution in [1.29, 1.82) is 0 Å². The number of nitrogens with one attached hydrogen (secondary N) is 1. The van der Waals surface area contributed by atoms with Crippen LogP contribution in [0.5, 0.6) is 0 Å². The van der Waals surface area contributed by atoms with E-state index in [1.165, 1.54) is 26.7 Å². The monoisotopic (exact) mass is 888 g/mol. The molecular formula is C51H60N4O8S. The molecule has 7 aliphatic rings. The van der Waals surface area contributed by atoms with Crippen molar-refractivity contribution in [3.05, 3.63) is 107 Å². The summed E-state index contributed by atoms with van der Waals surface area (Å²) in [6, 6.07) is 15.7. The summed E-state index contributed by atoms with van der Waals surface area (Å²) in [7, 11) is 6.36. The van der Waals surface area contributed by atoms with E-state index in [1.807, 2.05) is 24.9 Å². The van der Waals surface area contributed by atoms with Gasteiger partial charge in [0.05, 0.1) is 26.4 Å². The van der Waals surface area contributed by atoms with Crippen LogP contribution in [-0.4, -0.2) is 127 Å².